The highest BCUT2D eigenvalue weighted by Gasteiger charge is 2.11. The van der Waals surface area contributed by atoms with Gasteiger partial charge in [0.1, 0.15) is 5.01 Å². The summed E-state index contributed by atoms with van der Waals surface area (Å²) in [7, 11) is 0. The zero-order chi connectivity index (χ0) is 14.8. The smallest absolute Gasteiger partial charge is 0.125 e. The number of hydrogen-bond donors (Lipinski definition) is 1. The van der Waals surface area contributed by atoms with Crippen LogP contribution in [0.5, 0.6) is 0 Å². The van der Waals surface area contributed by atoms with Gasteiger partial charge in [0, 0.05) is 39.6 Å². The summed E-state index contributed by atoms with van der Waals surface area (Å²) in [5.74, 6) is 0. The minimum atomic E-state index is 0.463. The van der Waals surface area contributed by atoms with Crippen LogP contribution in [0.3, 0.4) is 0 Å². The molecule has 0 saturated heterocycles. The number of aromatic nitrogens is 2. The van der Waals surface area contributed by atoms with E-state index in [9.17, 15) is 0 Å². The molecule has 0 radical (unpaired) electrons. The largest absolute Gasteiger partial charge is 0.309 e. The molecule has 108 valence electrons. The molecule has 2 heterocycles. The average molecular weight is 362 g/mol. The summed E-state index contributed by atoms with van der Waals surface area (Å²) in [6.45, 7) is 5.08. The van der Waals surface area contributed by atoms with Crippen LogP contribution in [-0.2, 0) is 6.54 Å². The van der Waals surface area contributed by atoms with E-state index in [0.29, 0.717) is 6.04 Å². The summed E-state index contributed by atoms with van der Waals surface area (Å²) in [4.78, 5) is 9.26. The van der Waals surface area contributed by atoms with Gasteiger partial charge in [0.2, 0.25) is 0 Å². The van der Waals surface area contributed by atoms with E-state index in [-0.39, 0.29) is 0 Å². The SMILES string of the molecule is CC(C)NCc1csc(-c2ccc(Br)c3cccnc23)n1. The molecule has 0 spiro atoms. The van der Waals surface area contributed by atoms with Crippen molar-refractivity contribution in [2.75, 3.05) is 0 Å². The fourth-order valence-electron chi connectivity index (χ4n) is 2.13. The second kappa shape index (κ2) is 6.22. The van der Waals surface area contributed by atoms with Crippen LogP contribution in [0.25, 0.3) is 21.5 Å². The molecule has 0 aliphatic rings. The van der Waals surface area contributed by atoms with E-state index in [4.69, 9.17) is 4.98 Å². The predicted molar refractivity (Wildman–Crippen MR) is 92.5 cm³/mol. The fraction of sp³-hybridized carbons (Fsp3) is 0.250. The Hall–Kier alpha value is -1.30. The lowest BCUT2D eigenvalue weighted by atomic mass is 10.1. The van der Waals surface area contributed by atoms with Crippen LogP contribution >= 0.6 is 27.3 Å². The molecule has 0 aliphatic heterocycles. The minimum Gasteiger partial charge on any atom is -0.309 e. The lowest BCUT2D eigenvalue weighted by Gasteiger charge is -2.06. The number of fused-ring (bicyclic) bond motifs is 1. The Morgan fingerprint density at radius 3 is 2.95 bits per heavy atom. The van der Waals surface area contributed by atoms with Gasteiger partial charge < -0.3 is 5.32 Å². The average Bonchev–Trinajstić information content (AvgIpc) is 2.94. The number of pyridine rings is 1. The molecule has 0 amide bonds. The number of benzene rings is 1. The highest BCUT2D eigenvalue weighted by Crippen LogP contribution is 2.33. The Bertz CT molecular complexity index is 767. The van der Waals surface area contributed by atoms with E-state index in [0.717, 1.165) is 38.2 Å². The maximum Gasteiger partial charge on any atom is 0.125 e. The highest BCUT2D eigenvalue weighted by molar-refractivity contribution is 9.10. The van der Waals surface area contributed by atoms with E-state index in [1.807, 2.05) is 12.3 Å². The Labute approximate surface area is 136 Å². The fourth-order valence-corrected chi connectivity index (χ4v) is 3.43. The number of rotatable bonds is 4. The Morgan fingerprint density at radius 1 is 1.29 bits per heavy atom. The van der Waals surface area contributed by atoms with Gasteiger partial charge in [-0.1, -0.05) is 35.8 Å². The summed E-state index contributed by atoms with van der Waals surface area (Å²) in [5, 5.41) is 7.64. The maximum atomic E-state index is 4.73. The number of nitrogens with one attached hydrogen (secondary N) is 1. The highest BCUT2D eigenvalue weighted by atomic mass is 79.9. The summed E-state index contributed by atoms with van der Waals surface area (Å²) in [6.07, 6.45) is 1.83. The zero-order valence-electron chi connectivity index (χ0n) is 11.9. The zero-order valence-corrected chi connectivity index (χ0v) is 14.3. The Morgan fingerprint density at radius 2 is 2.14 bits per heavy atom. The minimum absolute atomic E-state index is 0.463. The third-order valence-corrected chi connectivity index (χ3v) is 4.81. The van der Waals surface area contributed by atoms with Crippen molar-refractivity contribution < 1.29 is 0 Å². The number of halogens is 1. The molecule has 0 bridgehead atoms. The normalized spacial score (nSPS) is 11.4. The summed E-state index contributed by atoms with van der Waals surface area (Å²) in [5.41, 5.74) is 3.16. The molecule has 0 unspecified atom stereocenters. The molecule has 0 saturated carbocycles. The van der Waals surface area contributed by atoms with Crippen molar-refractivity contribution in [3.05, 3.63) is 46.0 Å². The lowest BCUT2D eigenvalue weighted by molar-refractivity contribution is 0.583. The third kappa shape index (κ3) is 3.15. The van der Waals surface area contributed by atoms with Gasteiger partial charge in [-0.3, -0.25) is 4.98 Å². The van der Waals surface area contributed by atoms with Crippen LogP contribution in [0.1, 0.15) is 19.5 Å². The van der Waals surface area contributed by atoms with Gasteiger partial charge in [-0.25, -0.2) is 4.98 Å². The second-order valence-electron chi connectivity index (χ2n) is 5.17. The van der Waals surface area contributed by atoms with Crippen LogP contribution in [-0.4, -0.2) is 16.0 Å². The van der Waals surface area contributed by atoms with Crippen molar-refractivity contribution in [2.45, 2.75) is 26.4 Å². The molecule has 1 N–H and O–H groups in total. The summed E-state index contributed by atoms with van der Waals surface area (Å²) in [6, 6.07) is 8.64. The lowest BCUT2D eigenvalue weighted by Crippen LogP contribution is -2.21. The molecule has 0 fully saturated rings. The van der Waals surface area contributed by atoms with Crippen LogP contribution in [0.4, 0.5) is 0 Å². The first-order chi connectivity index (χ1) is 10.1. The number of thiazole rings is 1. The first-order valence-corrected chi connectivity index (χ1v) is 8.54. The van der Waals surface area contributed by atoms with Crippen LogP contribution < -0.4 is 5.32 Å². The first-order valence-electron chi connectivity index (χ1n) is 6.86. The van der Waals surface area contributed by atoms with Gasteiger partial charge in [0.25, 0.3) is 0 Å². The third-order valence-electron chi connectivity index (χ3n) is 3.19. The first kappa shape index (κ1) is 14.6. The van der Waals surface area contributed by atoms with Crippen molar-refractivity contribution in [1.29, 1.82) is 0 Å². The van der Waals surface area contributed by atoms with Gasteiger partial charge in [-0.2, -0.15) is 0 Å². The molecule has 3 nitrogen and oxygen atoms in total. The molecule has 3 aromatic rings. The van der Waals surface area contributed by atoms with Gasteiger partial charge in [-0.15, -0.1) is 11.3 Å². The molecular formula is C16H16BrN3S. The molecular weight excluding hydrogens is 346 g/mol. The van der Waals surface area contributed by atoms with Gasteiger partial charge in [0.15, 0.2) is 0 Å². The topological polar surface area (TPSA) is 37.8 Å². The molecule has 3 rings (SSSR count). The monoisotopic (exact) mass is 361 g/mol. The van der Waals surface area contributed by atoms with E-state index in [2.05, 4.69) is 63.7 Å². The van der Waals surface area contributed by atoms with E-state index in [1.54, 1.807) is 11.3 Å². The second-order valence-corrected chi connectivity index (χ2v) is 6.89. The van der Waals surface area contributed by atoms with E-state index in [1.165, 1.54) is 0 Å². The van der Waals surface area contributed by atoms with E-state index >= 15 is 0 Å². The van der Waals surface area contributed by atoms with Crippen LogP contribution in [0.15, 0.2) is 40.3 Å². The Balaban J connectivity index is 1.99. The van der Waals surface area contributed by atoms with Crippen molar-refractivity contribution >= 4 is 38.2 Å². The number of nitrogens with zero attached hydrogens (tertiary/aromatic N) is 2. The summed E-state index contributed by atoms with van der Waals surface area (Å²) < 4.78 is 1.06. The molecule has 0 aliphatic carbocycles. The van der Waals surface area contributed by atoms with E-state index < -0.39 is 0 Å². The molecule has 0 atom stereocenters. The van der Waals surface area contributed by atoms with Crippen molar-refractivity contribution in [3.63, 3.8) is 0 Å². The van der Waals surface area contributed by atoms with Gasteiger partial charge in [-0.05, 0) is 18.2 Å². The molecule has 1 aromatic carbocycles. The molecule has 2 aromatic heterocycles. The molecule has 21 heavy (non-hydrogen) atoms. The standard InChI is InChI=1S/C16H16BrN3S/c1-10(2)19-8-11-9-21-16(20-11)13-5-6-14(17)12-4-3-7-18-15(12)13/h3-7,9-10,19H,8H2,1-2H3. The van der Waals surface area contributed by atoms with Crippen molar-refractivity contribution in [1.82, 2.24) is 15.3 Å². The predicted octanol–water partition coefficient (Wildman–Crippen LogP) is 4.62. The molecule has 5 heteroatoms. The Kier molecular flexibility index (Phi) is 4.33. The van der Waals surface area contributed by atoms with Gasteiger partial charge >= 0.3 is 0 Å². The van der Waals surface area contributed by atoms with Crippen LogP contribution in [0, 0.1) is 0 Å². The number of hydrogen-bond acceptors (Lipinski definition) is 4. The van der Waals surface area contributed by atoms with Gasteiger partial charge in [0.05, 0.1) is 11.2 Å². The van der Waals surface area contributed by atoms with Crippen LogP contribution in [0.2, 0.25) is 0 Å². The van der Waals surface area contributed by atoms with Crippen molar-refractivity contribution in [3.8, 4) is 10.6 Å². The quantitative estimate of drug-likeness (QED) is 0.736. The summed E-state index contributed by atoms with van der Waals surface area (Å²) >= 11 is 5.25. The van der Waals surface area contributed by atoms with Crippen molar-refractivity contribution in [2.24, 2.45) is 0 Å². The maximum absolute atomic E-state index is 4.73.